The van der Waals surface area contributed by atoms with Crippen molar-refractivity contribution in [3.8, 4) is 0 Å². The molecule has 0 atom stereocenters. The van der Waals surface area contributed by atoms with Crippen LogP contribution in [0.5, 0.6) is 0 Å². The smallest absolute Gasteiger partial charge is 0.235 e. The van der Waals surface area contributed by atoms with Crippen LogP contribution in [-0.4, -0.2) is 24.0 Å². The van der Waals surface area contributed by atoms with Crippen molar-refractivity contribution in [3.63, 3.8) is 0 Å². The van der Waals surface area contributed by atoms with E-state index in [1.54, 1.807) is 6.20 Å². The van der Waals surface area contributed by atoms with Gasteiger partial charge in [0, 0.05) is 6.20 Å². The van der Waals surface area contributed by atoms with Crippen molar-refractivity contribution in [3.05, 3.63) is 30.1 Å². The lowest BCUT2D eigenvalue weighted by Gasteiger charge is -1.97. The molecule has 1 aromatic rings. The van der Waals surface area contributed by atoms with Crippen LogP contribution in [-0.2, 0) is 4.74 Å². The van der Waals surface area contributed by atoms with E-state index in [1.807, 2.05) is 32.0 Å². The summed E-state index contributed by atoms with van der Waals surface area (Å²) >= 11 is 0. The number of hydrogen-bond donors (Lipinski definition) is 0. The Labute approximate surface area is 78.5 Å². The average Bonchev–Trinajstić information content (AvgIpc) is 2.75. The molecule has 2 rings (SSSR count). The Hall–Kier alpha value is -1.38. The first-order chi connectivity index (χ1) is 6.47. The Morgan fingerprint density at radius 1 is 1.31 bits per heavy atom. The maximum absolute atomic E-state index is 5.23. The molecule has 0 spiro atoms. The predicted molar refractivity (Wildman–Crippen MR) is 52.9 cm³/mol. The van der Waals surface area contributed by atoms with Gasteiger partial charge in [-0.25, -0.2) is 4.99 Å². The number of aromatic nitrogens is 1. The van der Waals surface area contributed by atoms with Gasteiger partial charge in [-0.15, -0.1) is 0 Å². The first kappa shape index (κ1) is 9.71. The van der Waals surface area contributed by atoms with Crippen molar-refractivity contribution < 1.29 is 4.74 Å². The minimum Gasteiger partial charge on any atom is -0.474 e. The Kier molecular flexibility index (Phi) is 3.96. The van der Waals surface area contributed by atoms with Crippen LogP contribution in [0.25, 0.3) is 0 Å². The second-order valence-corrected chi connectivity index (χ2v) is 2.25. The van der Waals surface area contributed by atoms with E-state index < -0.39 is 0 Å². The average molecular weight is 178 g/mol. The molecule has 0 aromatic carbocycles. The third kappa shape index (κ3) is 2.54. The first-order valence-corrected chi connectivity index (χ1v) is 4.55. The molecule has 0 aliphatic carbocycles. The highest BCUT2D eigenvalue weighted by Gasteiger charge is 2.09. The summed E-state index contributed by atoms with van der Waals surface area (Å²) < 4.78 is 5.23. The van der Waals surface area contributed by atoms with Crippen molar-refractivity contribution in [2.75, 3.05) is 13.2 Å². The van der Waals surface area contributed by atoms with Gasteiger partial charge in [-0.3, -0.25) is 4.98 Å². The van der Waals surface area contributed by atoms with E-state index in [4.69, 9.17) is 4.74 Å². The molecule has 0 saturated heterocycles. The third-order valence-electron chi connectivity index (χ3n) is 1.47. The van der Waals surface area contributed by atoms with Crippen molar-refractivity contribution in [2.24, 2.45) is 4.99 Å². The Morgan fingerprint density at radius 2 is 2.15 bits per heavy atom. The van der Waals surface area contributed by atoms with Gasteiger partial charge >= 0.3 is 0 Å². The lowest BCUT2D eigenvalue weighted by atomic mass is 10.3. The zero-order chi connectivity index (χ0) is 9.52. The molecule has 0 radical (unpaired) electrons. The van der Waals surface area contributed by atoms with Gasteiger partial charge in [-0.2, -0.15) is 0 Å². The van der Waals surface area contributed by atoms with Gasteiger partial charge in [0.05, 0.1) is 6.54 Å². The van der Waals surface area contributed by atoms with Crippen LogP contribution in [0.2, 0.25) is 0 Å². The molecule has 3 nitrogen and oxygen atoms in total. The lowest BCUT2D eigenvalue weighted by Crippen LogP contribution is -2.02. The molecule has 1 aliphatic rings. The van der Waals surface area contributed by atoms with Gasteiger partial charge in [-0.05, 0) is 12.1 Å². The molecular formula is C10H14N2O. The number of nitrogens with zero attached hydrogens (tertiary/aromatic N) is 2. The van der Waals surface area contributed by atoms with E-state index in [1.165, 1.54) is 0 Å². The molecule has 13 heavy (non-hydrogen) atoms. The van der Waals surface area contributed by atoms with E-state index in [2.05, 4.69) is 9.98 Å². The van der Waals surface area contributed by atoms with Crippen LogP contribution in [0, 0.1) is 0 Å². The summed E-state index contributed by atoms with van der Waals surface area (Å²) in [6.45, 7) is 5.44. The fourth-order valence-electron chi connectivity index (χ4n) is 0.979. The first-order valence-electron chi connectivity index (χ1n) is 4.55. The highest BCUT2D eigenvalue weighted by Crippen LogP contribution is 2.02. The standard InChI is InChI=1S/C8H8N2O.C2H6/c1-2-4-9-7(3-1)8-10-5-6-11-8;1-2/h1-4H,5-6H2;1-2H3. The second-order valence-electron chi connectivity index (χ2n) is 2.25. The largest absolute Gasteiger partial charge is 0.474 e. The normalized spacial score (nSPS) is 13.8. The topological polar surface area (TPSA) is 34.5 Å². The zero-order valence-electron chi connectivity index (χ0n) is 8.03. The van der Waals surface area contributed by atoms with Crippen LogP contribution in [0.4, 0.5) is 0 Å². The van der Waals surface area contributed by atoms with Crippen LogP contribution >= 0.6 is 0 Å². The number of hydrogen-bond acceptors (Lipinski definition) is 3. The summed E-state index contributed by atoms with van der Waals surface area (Å²) in [6, 6.07) is 5.69. The Morgan fingerprint density at radius 3 is 2.69 bits per heavy atom. The van der Waals surface area contributed by atoms with Crippen LogP contribution < -0.4 is 0 Å². The highest BCUT2D eigenvalue weighted by atomic mass is 16.5. The number of ether oxygens (including phenoxy) is 1. The second kappa shape index (κ2) is 5.30. The van der Waals surface area contributed by atoms with Crippen LogP contribution in [0.3, 0.4) is 0 Å². The summed E-state index contributed by atoms with van der Waals surface area (Å²) in [6.07, 6.45) is 1.74. The van der Waals surface area contributed by atoms with Gasteiger partial charge in [-0.1, -0.05) is 19.9 Å². The molecule has 1 aliphatic heterocycles. The van der Waals surface area contributed by atoms with Gasteiger partial charge in [0.15, 0.2) is 0 Å². The lowest BCUT2D eigenvalue weighted by molar-refractivity contribution is 0.347. The molecule has 1 aromatic heterocycles. The molecule has 2 heterocycles. The van der Waals surface area contributed by atoms with E-state index >= 15 is 0 Å². The molecule has 0 unspecified atom stereocenters. The fourth-order valence-corrected chi connectivity index (χ4v) is 0.979. The SMILES string of the molecule is CC.c1ccc(C2=NCCO2)nc1. The molecule has 0 amide bonds. The van der Waals surface area contributed by atoms with E-state index in [-0.39, 0.29) is 0 Å². The molecule has 70 valence electrons. The van der Waals surface area contributed by atoms with Crippen molar-refractivity contribution in [1.29, 1.82) is 0 Å². The Balaban J connectivity index is 0.000000396. The van der Waals surface area contributed by atoms with Crippen molar-refractivity contribution in [1.82, 2.24) is 4.98 Å². The maximum atomic E-state index is 5.23. The number of pyridine rings is 1. The molecule has 0 saturated carbocycles. The van der Waals surface area contributed by atoms with E-state index in [0.717, 1.165) is 12.2 Å². The quantitative estimate of drug-likeness (QED) is 0.658. The molecule has 0 N–H and O–H groups in total. The predicted octanol–water partition coefficient (Wildman–Crippen LogP) is 1.88. The molecule has 3 heteroatoms. The highest BCUT2D eigenvalue weighted by molar-refractivity contribution is 5.92. The zero-order valence-corrected chi connectivity index (χ0v) is 8.03. The monoisotopic (exact) mass is 178 g/mol. The molecular weight excluding hydrogens is 164 g/mol. The van der Waals surface area contributed by atoms with E-state index in [9.17, 15) is 0 Å². The van der Waals surface area contributed by atoms with Gasteiger partial charge in [0.1, 0.15) is 12.3 Å². The van der Waals surface area contributed by atoms with Crippen LogP contribution in [0.15, 0.2) is 29.4 Å². The van der Waals surface area contributed by atoms with Crippen molar-refractivity contribution >= 4 is 5.90 Å². The minimum atomic E-state index is 0.672. The fraction of sp³-hybridized carbons (Fsp3) is 0.400. The summed E-state index contributed by atoms with van der Waals surface area (Å²) in [7, 11) is 0. The van der Waals surface area contributed by atoms with E-state index in [0.29, 0.717) is 12.5 Å². The number of rotatable bonds is 1. The summed E-state index contributed by atoms with van der Waals surface area (Å²) in [5, 5.41) is 0. The van der Waals surface area contributed by atoms with Crippen LogP contribution in [0.1, 0.15) is 19.5 Å². The molecule has 0 bridgehead atoms. The van der Waals surface area contributed by atoms with Gasteiger partial charge in [0.25, 0.3) is 0 Å². The molecule has 0 fully saturated rings. The van der Waals surface area contributed by atoms with Gasteiger partial charge < -0.3 is 4.74 Å². The third-order valence-corrected chi connectivity index (χ3v) is 1.47. The summed E-state index contributed by atoms with van der Waals surface area (Å²) in [4.78, 5) is 8.24. The van der Waals surface area contributed by atoms with Crippen molar-refractivity contribution in [2.45, 2.75) is 13.8 Å². The summed E-state index contributed by atoms with van der Waals surface area (Å²) in [5.74, 6) is 0.672. The Bertz CT molecular complexity index is 270. The minimum absolute atomic E-state index is 0.672. The van der Waals surface area contributed by atoms with Gasteiger partial charge in [0.2, 0.25) is 5.90 Å². The maximum Gasteiger partial charge on any atom is 0.235 e. The summed E-state index contributed by atoms with van der Waals surface area (Å²) in [5.41, 5.74) is 0.824. The number of aliphatic imine (C=N–C) groups is 1.